The number of nitrogens with zero attached hydrogens (tertiary/aromatic N) is 2. The summed E-state index contributed by atoms with van der Waals surface area (Å²) >= 11 is 2.22. The zero-order valence-electron chi connectivity index (χ0n) is 12.2. The standard InChI is InChI=1S/C15H19IN2O3S/c16-13-3-1-12(2-4-13)15(19)18-8-6-17(7-9-18)14-5-10-22(20,21)11-14/h1-4,14H,5-11H2. The third-order valence-electron chi connectivity index (χ3n) is 4.42. The summed E-state index contributed by atoms with van der Waals surface area (Å²) in [5.74, 6) is 0.646. The van der Waals surface area contributed by atoms with Crippen LogP contribution in [-0.4, -0.2) is 67.9 Å². The van der Waals surface area contributed by atoms with Crippen LogP contribution in [0.15, 0.2) is 24.3 Å². The molecule has 0 aromatic heterocycles. The summed E-state index contributed by atoms with van der Waals surface area (Å²) in [4.78, 5) is 16.5. The first kappa shape index (κ1) is 16.2. The van der Waals surface area contributed by atoms with Crippen LogP contribution in [0.2, 0.25) is 0 Å². The number of sulfone groups is 1. The maximum Gasteiger partial charge on any atom is 0.253 e. The third kappa shape index (κ3) is 3.62. The van der Waals surface area contributed by atoms with E-state index in [1.165, 1.54) is 0 Å². The molecule has 7 heteroatoms. The number of hydrogen-bond donors (Lipinski definition) is 0. The van der Waals surface area contributed by atoms with Crippen LogP contribution in [0.4, 0.5) is 0 Å². The molecule has 5 nitrogen and oxygen atoms in total. The van der Waals surface area contributed by atoms with E-state index in [1.807, 2.05) is 29.2 Å². The molecule has 2 fully saturated rings. The molecule has 22 heavy (non-hydrogen) atoms. The van der Waals surface area contributed by atoms with Gasteiger partial charge >= 0.3 is 0 Å². The van der Waals surface area contributed by atoms with Gasteiger partial charge in [0.05, 0.1) is 11.5 Å². The number of rotatable bonds is 2. The first-order valence-corrected chi connectivity index (χ1v) is 10.3. The highest BCUT2D eigenvalue weighted by atomic mass is 127. The number of benzene rings is 1. The van der Waals surface area contributed by atoms with Gasteiger partial charge in [-0.3, -0.25) is 9.69 Å². The van der Waals surface area contributed by atoms with Gasteiger partial charge in [0.15, 0.2) is 9.84 Å². The summed E-state index contributed by atoms with van der Waals surface area (Å²) in [5.41, 5.74) is 0.720. The molecule has 0 N–H and O–H groups in total. The van der Waals surface area contributed by atoms with Gasteiger partial charge in [0, 0.05) is 41.4 Å². The van der Waals surface area contributed by atoms with Crippen LogP contribution in [0.1, 0.15) is 16.8 Å². The molecule has 0 radical (unpaired) electrons. The predicted octanol–water partition coefficient (Wildman–Crippen LogP) is 1.24. The molecule has 0 spiro atoms. The van der Waals surface area contributed by atoms with Crippen LogP contribution >= 0.6 is 22.6 Å². The minimum absolute atomic E-state index is 0.0649. The number of carbonyl (C=O) groups is 1. The summed E-state index contributed by atoms with van der Waals surface area (Å²) in [6.45, 7) is 2.86. The van der Waals surface area contributed by atoms with E-state index in [0.29, 0.717) is 18.8 Å². The Labute approximate surface area is 144 Å². The van der Waals surface area contributed by atoms with Crippen molar-refractivity contribution in [3.63, 3.8) is 0 Å². The monoisotopic (exact) mass is 434 g/mol. The van der Waals surface area contributed by atoms with Crippen molar-refractivity contribution in [3.8, 4) is 0 Å². The van der Waals surface area contributed by atoms with Gasteiger partial charge in [-0.1, -0.05) is 0 Å². The van der Waals surface area contributed by atoms with Crippen LogP contribution in [0.25, 0.3) is 0 Å². The molecule has 2 aliphatic rings. The molecular formula is C15H19IN2O3S. The van der Waals surface area contributed by atoms with Crippen molar-refractivity contribution >= 4 is 38.3 Å². The maximum atomic E-state index is 12.5. The highest BCUT2D eigenvalue weighted by Crippen LogP contribution is 2.20. The number of amides is 1. The SMILES string of the molecule is O=C(c1ccc(I)cc1)N1CCN(C2CCS(=O)(=O)C2)CC1. The lowest BCUT2D eigenvalue weighted by Crippen LogP contribution is -2.52. The Morgan fingerprint density at radius 1 is 1.09 bits per heavy atom. The van der Waals surface area contributed by atoms with Crippen LogP contribution in [0.3, 0.4) is 0 Å². The van der Waals surface area contributed by atoms with Crippen molar-refractivity contribution in [2.75, 3.05) is 37.7 Å². The van der Waals surface area contributed by atoms with Gasteiger partial charge in [-0.2, -0.15) is 0 Å². The number of hydrogen-bond acceptors (Lipinski definition) is 4. The Kier molecular flexibility index (Phi) is 4.75. The van der Waals surface area contributed by atoms with E-state index in [0.717, 1.165) is 28.6 Å². The van der Waals surface area contributed by atoms with E-state index < -0.39 is 9.84 Å². The van der Waals surface area contributed by atoms with E-state index in [4.69, 9.17) is 0 Å². The van der Waals surface area contributed by atoms with Gasteiger partial charge in [0.2, 0.25) is 0 Å². The first-order valence-electron chi connectivity index (χ1n) is 7.44. The summed E-state index contributed by atoms with van der Waals surface area (Å²) in [7, 11) is -2.84. The number of piperazine rings is 1. The second kappa shape index (κ2) is 6.45. The van der Waals surface area contributed by atoms with Crippen molar-refractivity contribution in [1.29, 1.82) is 0 Å². The van der Waals surface area contributed by atoms with Crippen molar-refractivity contribution in [3.05, 3.63) is 33.4 Å². The molecule has 3 rings (SSSR count). The Bertz CT molecular complexity index is 652. The van der Waals surface area contributed by atoms with E-state index in [-0.39, 0.29) is 17.7 Å². The summed E-state index contributed by atoms with van der Waals surface area (Å²) in [5, 5.41) is 0. The van der Waals surface area contributed by atoms with E-state index in [2.05, 4.69) is 27.5 Å². The Hall–Kier alpha value is -0.670. The second-order valence-electron chi connectivity index (χ2n) is 5.89. The molecular weight excluding hydrogens is 415 g/mol. The van der Waals surface area contributed by atoms with E-state index >= 15 is 0 Å². The van der Waals surface area contributed by atoms with Gasteiger partial charge in [-0.25, -0.2) is 8.42 Å². The summed E-state index contributed by atoms with van der Waals surface area (Å²) in [6, 6.07) is 7.74. The van der Waals surface area contributed by atoms with Crippen molar-refractivity contribution in [1.82, 2.24) is 9.80 Å². The van der Waals surface area contributed by atoms with E-state index in [1.54, 1.807) is 0 Å². The zero-order valence-corrected chi connectivity index (χ0v) is 15.2. The zero-order chi connectivity index (χ0) is 15.7. The van der Waals surface area contributed by atoms with Crippen molar-refractivity contribution < 1.29 is 13.2 Å². The minimum Gasteiger partial charge on any atom is -0.336 e. The first-order chi connectivity index (χ1) is 10.4. The van der Waals surface area contributed by atoms with Crippen LogP contribution in [0.5, 0.6) is 0 Å². The smallest absolute Gasteiger partial charge is 0.253 e. The molecule has 2 aliphatic heterocycles. The fraction of sp³-hybridized carbons (Fsp3) is 0.533. The fourth-order valence-electron chi connectivity index (χ4n) is 3.13. The molecule has 1 atom stereocenters. The quantitative estimate of drug-likeness (QED) is 0.658. The average Bonchev–Trinajstić information content (AvgIpc) is 2.88. The van der Waals surface area contributed by atoms with E-state index in [9.17, 15) is 13.2 Å². The number of halogens is 1. The molecule has 2 heterocycles. The van der Waals surface area contributed by atoms with Crippen molar-refractivity contribution in [2.24, 2.45) is 0 Å². The maximum absolute atomic E-state index is 12.5. The molecule has 1 aromatic carbocycles. The third-order valence-corrected chi connectivity index (χ3v) is 6.89. The largest absolute Gasteiger partial charge is 0.336 e. The second-order valence-corrected chi connectivity index (χ2v) is 9.37. The normalized spacial score (nSPS) is 25.3. The molecule has 1 aromatic rings. The lowest BCUT2D eigenvalue weighted by atomic mass is 10.1. The highest BCUT2D eigenvalue weighted by molar-refractivity contribution is 14.1. The molecule has 1 unspecified atom stereocenters. The molecule has 2 saturated heterocycles. The van der Waals surface area contributed by atoms with Crippen LogP contribution in [-0.2, 0) is 9.84 Å². The predicted molar refractivity (Wildman–Crippen MR) is 93.7 cm³/mol. The van der Waals surface area contributed by atoms with Crippen LogP contribution in [0, 0.1) is 3.57 Å². The highest BCUT2D eigenvalue weighted by Gasteiger charge is 2.34. The Balaban J connectivity index is 1.57. The van der Waals surface area contributed by atoms with Crippen LogP contribution < -0.4 is 0 Å². The molecule has 0 aliphatic carbocycles. The van der Waals surface area contributed by atoms with Gasteiger partial charge in [0.25, 0.3) is 5.91 Å². The molecule has 1 amide bonds. The average molecular weight is 434 g/mol. The molecule has 0 bridgehead atoms. The molecule has 120 valence electrons. The summed E-state index contributed by atoms with van der Waals surface area (Å²) in [6.07, 6.45) is 0.730. The van der Waals surface area contributed by atoms with Crippen molar-refractivity contribution in [2.45, 2.75) is 12.5 Å². The number of carbonyl (C=O) groups excluding carboxylic acids is 1. The molecule has 0 saturated carbocycles. The minimum atomic E-state index is -2.84. The Morgan fingerprint density at radius 2 is 1.73 bits per heavy atom. The van der Waals surface area contributed by atoms with Gasteiger partial charge in [-0.05, 0) is 53.3 Å². The fourth-order valence-corrected chi connectivity index (χ4v) is 5.25. The lowest BCUT2D eigenvalue weighted by Gasteiger charge is -2.37. The Morgan fingerprint density at radius 3 is 2.27 bits per heavy atom. The lowest BCUT2D eigenvalue weighted by molar-refractivity contribution is 0.0588. The topological polar surface area (TPSA) is 57.7 Å². The van der Waals surface area contributed by atoms with Gasteiger partial charge in [-0.15, -0.1) is 0 Å². The van der Waals surface area contributed by atoms with Gasteiger partial charge < -0.3 is 4.90 Å². The summed E-state index contributed by atoms with van der Waals surface area (Å²) < 4.78 is 24.3. The van der Waals surface area contributed by atoms with Gasteiger partial charge in [0.1, 0.15) is 0 Å².